The second kappa shape index (κ2) is 7.96. The van der Waals surface area contributed by atoms with Gasteiger partial charge in [0.05, 0.1) is 24.9 Å². The first-order chi connectivity index (χ1) is 14.0. The quantitative estimate of drug-likeness (QED) is 0.514. The standard InChI is InChI=1S/C21H27N5O3/c1-21(5-6-21)29-14-3-4-17(22)16(9-14)20(23)18-10-19(25-13-24-18)26-7-8-28-15(11-26)12-27-2/h3-4,9-10,13,15,23H,5-8,11-12,22H2,1-2H3/p+1/t15-/m0/s1. The number of nitrogens with two attached hydrogens (primary N) is 2. The molecule has 4 N–H and O–H groups in total. The molecular weight excluding hydrogens is 370 g/mol. The second-order valence-electron chi connectivity index (χ2n) is 7.87. The summed E-state index contributed by atoms with van der Waals surface area (Å²) in [6, 6.07) is 7.48. The Morgan fingerprint density at radius 3 is 2.93 bits per heavy atom. The minimum absolute atomic E-state index is 0.0155. The van der Waals surface area contributed by atoms with E-state index >= 15 is 0 Å². The third-order valence-corrected chi connectivity index (χ3v) is 5.38. The maximum absolute atomic E-state index is 6.47. The van der Waals surface area contributed by atoms with E-state index in [1.807, 2.05) is 24.3 Å². The molecule has 8 nitrogen and oxygen atoms in total. The lowest BCUT2D eigenvalue weighted by molar-refractivity contribution is -0.111. The van der Waals surface area contributed by atoms with Gasteiger partial charge in [-0.15, -0.1) is 0 Å². The number of benzene rings is 1. The fourth-order valence-electron chi connectivity index (χ4n) is 3.41. The summed E-state index contributed by atoms with van der Waals surface area (Å²) < 4.78 is 17.0. The van der Waals surface area contributed by atoms with Crippen molar-refractivity contribution in [2.75, 3.05) is 44.0 Å². The molecule has 1 aromatic heterocycles. The summed E-state index contributed by atoms with van der Waals surface area (Å²) in [6.45, 7) is 4.73. The second-order valence-corrected chi connectivity index (χ2v) is 7.87. The highest BCUT2D eigenvalue weighted by molar-refractivity contribution is 6.11. The molecule has 1 aliphatic carbocycles. The van der Waals surface area contributed by atoms with Crippen LogP contribution in [0.25, 0.3) is 0 Å². The van der Waals surface area contributed by atoms with E-state index < -0.39 is 0 Å². The Balaban J connectivity index is 1.55. The average molecular weight is 398 g/mol. The molecule has 0 unspecified atom stereocenters. The number of methoxy groups -OCH3 is 1. The van der Waals surface area contributed by atoms with Gasteiger partial charge in [-0.05, 0) is 38.0 Å². The molecule has 1 saturated heterocycles. The van der Waals surface area contributed by atoms with Crippen LogP contribution in [0, 0.1) is 0 Å². The summed E-state index contributed by atoms with van der Waals surface area (Å²) in [6.07, 6.45) is 3.66. The third-order valence-electron chi connectivity index (χ3n) is 5.38. The van der Waals surface area contributed by atoms with Gasteiger partial charge in [0.1, 0.15) is 29.2 Å². The van der Waals surface area contributed by atoms with Gasteiger partial charge in [0.2, 0.25) is 5.71 Å². The number of rotatable bonds is 7. The molecular formula is C21H28N5O3+. The van der Waals surface area contributed by atoms with Gasteiger partial charge in [-0.3, -0.25) is 5.41 Å². The molecule has 154 valence electrons. The molecule has 1 saturated carbocycles. The summed E-state index contributed by atoms with van der Waals surface area (Å²) in [4.78, 5) is 11.0. The van der Waals surface area contributed by atoms with Crippen molar-refractivity contribution in [3.05, 3.63) is 41.9 Å². The predicted molar refractivity (Wildman–Crippen MR) is 110 cm³/mol. The van der Waals surface area contributed by atoms with E-state index in [-0.39, 0.29) is 11.7 Å². The number of nitrogen functional groups attached to an aromatic ring is 1. The van der Waals surface area contributed by atoms with Crippen LogP contribution >= 0.6 is 0 Å². The summed E-state index contributed by atoms with van der Waals surface area (Å²) in [5.74, 6) is 1.57. The van der Waals surface area contributed by atoms with Crippen molar-refractivity contribution in [3.63, 3.8) is 0 Å². The van der Waals surface area contributed by atoms with Crippen LogP contribution in [0.15, 0.2) is 30.6 Å². The SMILES string of the molecule is COC[C@@H]1CN(c2cc(C(=[NH2+])c3cc(OC4(C)CC4)ccc3N)ncn2)CCO1. The molecule has 2 aliphatic rings. The highest BCUT2D eigenvalue weighted by Crippen LogP contribution is 2.40. The van der Waals surface area contributed by atoms with Crippen LogP contribution in [0.1, 0.15) is 31.0 Å². The summed E-state index contributed by atoms with van der Waals surface area (Å²) in [5.41, 5.74) is 8.56. The van der Waals surface area contributed by atoms with E-state index in [1.54, 1.807) is 7.11 Å². The molecule has 2 heterocycles. The highest BCUT2D eigenvalue weighted by atomic mass is 16.5. The first-order valence-corrected chi connectivity index (χ1v) is 9.87. The van der Waals surface area contributed by atoms with Gasteiger partial charge in [-0.2, -0.15) is 0 Å². The Morgan fingerprint density at radius 1 is 1.34 bits per heavy atom. The lowest BCUT2D eigenvalue weighted by Gasteiger charge is -2.33. The van der Waals surface area contributed by atoms with E-state index in [0.29, 0.717) is 36.9 Å². The molecule has 1 aromatic carbocycles. The zero-order chi connectivity index (χ0) is 20.4. The monoisotopic (exact) mass is 398 g/mol. The first kappa shape index (κ1) is 19.6. The van der Waals surface area contributed by atoms with Gasteiger partial charge in [0, 0.05) is 32.0 Å². The summed E-state index contributed by atoms with van der Waals surface area (Å²) >= 11 is 0. The molecule has 1 aliphatic heterocycles. The lowest BCUT2D eigenvalue weighted by Crippen LogP contribution is -2.45. The van der Waals surface area contributed by atoms with Crippen molar-refractivity contribution in [2.24, 2.45) is 0 Å². The Morgan fingerprint density at radius 2 is 2.17 bits per heavy atom. The molecule has 0 bridgehead atoms. The first-order valence-electron chi connectivity index (χ1n) is 9.87. The van der Waals surface area contributed by atoms with E-state index in [0.717, 1.165) is 36.5 Å². The van der Waals surface area contributed by atoms with E-state index in [4.69, 9.17) is 25.4 Å². The molecule has 0 radical (unpaired) electrons. The summed E-state index contributed by atoms with van der Waals surface area (Å²) in [5, 5.41) is 6.47. The smallest absolute Gasteiger partial charge is 0.232 e. The van der Waals surface area contributed by atoms with Crippen LogP contribution in [0.2, 0.25) is 0 Å². The van der Waals surface area contributed by atoms with Crippen LogP contribution in [0.4, 0.5) is 11.5 Å². The maximum Gasteiger partial charge on any atom is 0.232 e. The number of anilines is 2. The number of aromatic nitrogens is 2. The average Bonchev–Trinajstić information content (AvgIpc) is 3.46. The van der Waals surface area contributed by atoms with Crippen molar-refractivity contribution in [1.29, 1.82) is 0 Å². The number of nitrogens with zero attached hydrogens (tertiary/aromatic N) is 3. The number of hydrogen-bond donors (Lipinski definition) is 2. The van der Waals surface area contributed by atoms with E-state index in [9.17, 15) is 0 Å². The third kappa shape index (κ3) is 4.49. The van der Waals surface area contributed by atoms with Gasteiger partial charge >= 0.3 is 0 Å². The van der Waals surface area contributed by atoms with E-state index in [1.165, 1.54) is 6.33 Å². The minimum atomic E-state index is -0.0701. The molecule has 2 aromatic rings. The van der Waals surface area contributed by atoms with E-state index in [2.05, 4.69) is 21.8 Å². The van der Waals surface area contributed by atoms with Crippen LogP contribution < -0.4 is 20.8 Å². The molecule has 2 fully saturated rings. The number of ether oxygens (including phenoxy) is 3. The van der Waals surface area contributed by atoms with Crippen LogP contribution in [0.3, 0.4) is 0 Å². The van der Waals surface area contributed by atoms with Gasteiger partial charge in [0.25, 0.3) is 0 Å². The van der Waals surface area contributed by atoms with Gasteiger partial charge in [-0.1, -0.05) is 0 Å². The highest BCUT2D eigenvalue weighted by Gasteiger charge is 2.40. The predicted octanol–water partition coefficient (Wildman–Crippen LogP) is 0.438. The Labute approximate surface area is 170 Å². The Kier molecular flexibility index (Phi) is 5.38. The molecule has 1 atom stereocenters. The van der Waals surface area contributed by atoms with Crippen molar-refractivity contribution in [2.45, 2.75) is 31.5 Å². The van der Waals surface area contributed by atoms with Crippen molar-refractivity contribution < 1.29 is 19.6 Å². The largest absolute Gasteiger partial charge is 0.488 e. The van der Waals surface area contributed by atoms with Crippen molar-refractivity contribution in [3.8, 4) is 5.75 Å². The van der Waals surface area contributed by atoms with Crippen LogP contribution in [0.5, 0.6) is 5.75 Å². The molecule has 8 heteroatoms. The molecule has 0 amide bonds. The molecule has 4 rings (SSSR count). The van der Waals surface area contributed by atoms with Crippen LogP contribution in [-0.2, 0) is 9.47 Å². The topological polar surface area (TPSA) is 108 Å². The Hall–Kier alpha value is -2.71. The van der Waals surface area contributed by atoms with Gasteiger partial charge in [0.15, 0.2) is 0 Å². The lowest BCUT2D eigenvalue weighted by atomic mass is 10.0. The van der Waals surface area contributed by atoms with Gasteiger partial charge in [-0.25, -0.2) is 9.97 Å². The van der Waals surface area contributed by atoms with Crippen molar-refractivity contribution >= 4 is 17.2 Å². The number of morpholine rings is 1. The fraction of sp³-hybridized carbons (Fsp3) is 0.476. The molecule has 0 spiro atoms. The fourth-order valence-corrected chi connectivity index (χ4v) is 3.41. The summed E-state index contributed by atoms with van der Waals surface area (Å²) in [7, 11) is 1.67. The zero-order valence-corrected chi connectivity index (χ0v) is 16.9. The normalized spacial score (nSPS) is 20.3. The number of hydrogen-bond acceptors (Lipinski definition) is 7. The zero-order valence-electron chi connectivity index (χ0n) is 16.9. The maximum atomic E-state index is 6.47. The van der Waals surface area contributed by atoms with Crippen LogP contribution in [-0.4, -0.2) is 60.8 Å². The Bertz CT molecular complexity index is 898. The molecule has 29 heavy (non-hydrogen) atoms. The van der Waals surface area contributed by atoms with Gasteiger partial charge < -0.3 is 24.8 Å². The minimum Gasteiger partial charge on any atom is -0.488 e. The van der Waals surface area contributed by atoms with Crippen molar-refractivity contribution in [1.82, 2.24) is 9.97 Å².